The van der Waals surface area contributed by atoms with Crippen LogP contribution in [0, 0.1) is 5.92 Å². The molecule has 1 N–H and O–H groups in total. The molecular formula is C18H34IN5S. The van der Waals surface area contributed by atoms with Crippen LogP contribution in [0.1, 0.15) is 45.3 Å². The number of thiazole rings is 1. The lowest BCUT2D eigenvalue weighted by Crippen LogP contribution is -2.52. The van der Waals surface area contributed by atoms with Gasteiger partial charge in [0.05, 0.1) is 12.2 Å². The third kappa shape index (κ3) is 7.02. The lowest BCUT2D eigenvalue weighted by Gasteiger charge is -2.37. The molecule has 1 fully saturated rings. The first-order chi connectivity index (χ1) is 11.3. The first-order valence-electron chi connectivity index (χ1n) is 8.92. The molecule has 0 aliphatic carbocycles. The molecule has 0 radical (unpaired) electrons. The molecule has 1 aliphatic heterocycles. The molecule has 25 heavy (non-hydrogen) atoms. The zero-order valence-electron chi connectivity index (χ0n) is 16.5. The van der Waals surface area contributed by atoms with E-state index in [9.17, 15) is 0 Å². The van der Waals surface area contributed by atoms with Gasteiger partial charge < -0.3 is 10.2 Å². The second-order valence-corrected chi connectivity index (χ2v) is 8.90. The second kappa shape index (κ2) is 10.1. The van der Waals surface area contributed by atoms with E-state index < -0.39 is 0 Å². The number of nitrogens with one attached hydrogen (secondary N) is 1. The Kier molecular flexibility index (Phi) is 9.11. The van der Waals surface area contributed by atoms with Gasteiger partial charge in [-0.1, -0.05) is 34.6 Å². The largest absolute Gasteiger partial charge is 0.350 e. The van der Waals surface area contributed by atoms with E-state index in [-0.39, 0.29) is 29.4 Å². The van der Waals surface area contributed by atoms with Crippen molar-refractivity contribution in [2.24, 2.45) is 10.9 Å². The van der Waals surface area contributed by atoms with Gasteiger partial charge in [-0.25, -0.2) is 4.98 Å². The summed E-state index contributed by atoms with van der Waals surface area (Å²) in [6, 6.07) is 0. The molecule has 2 rings (SSSR count). The zero-order valence-corrected chi connectivity index (χ0v) is 19.6. The minimum Gasteiger partial charge on any atom is -0.350 e. The van der Waals surface area contributed by atoms with Crippen LogP contribution < -0.4 is 5.32 Å². The van der Waals surface area contributed by atoms with Crippen molar-refractivity contribution in [1.29, 1.82) is 0 Å². The smallest absolute Gasteiger partial charge is 0.194 e. The molecule has 0 aromatic carbocycles. The molecule has 1 aliphatic rings. The standard InChI is InChI=1S/C18H33N5S.HI/c1-14(2)12-22-7-9-23(10-8-22)17(19-6)20-11-16-21-15(13-24-16)18(3,4)5;/h13-14H,7-12H2,1-6H3,(H,19,20);1H. The fourth-order valence-corrected chi connectivity index (χ4v) is 3.84. The maximum atomic E-state index is 4.75. The molecule has 0 bridgehead atoms. The average Bonchev–Trinajstić information content (AvgIpc) is 2.98. The fraction of sp³-hybridized carbons (Fsp3) is 0.778. The summed E-state index contributed by atoms with van der Waals surface area (Å²) in [6.45, 7) is 17.4. The van der Waals surface area contributed by atoms with Crippen molar-refractivity contribution in [3.05, 3.63) is 16.1 Å². The summed E-state index contributed by atoms with van der Waals surface area (Å²) >= 11 is 1.73. The van der Waals surface area contributed by atoms with Gasteiger partial charge >= 0.3 is 0 Å². The van der Waals surface area contributed by atoms with E-state index in [1.54, 1.807) is 11.3 Å². The lowest BCUT2D eigenvalue weighted by molar-refractivity contribution is 0.164. The van der Waals surface area contributed by atoms with Crippen LogP contribution in [0.4, 0.5) is 0 Å². The van der Waals surface area contributed by atoms with Crippen molar-refractivity contribution in [2.45, 2.75) is 46.6 Å². The predicted molar refractivity (Wildman–Crippen MR) is 119 cm³/mol. The van der Waals surface area contributed by atoms with Gasteiger partial charge in [-0.15, -0.1) is 35.3 Å². The molecular weight excluding hydrogens is 445 g/mol. The summed E-state index contributed by atoms with van der Waals surface area (Å²) < 4.78 is 0. The van der Waals surface area contributed by atoms with E-state index in [0.717, 1.165) is 49.6 Å². The van der Waals surface area contributed by atoms with Crippen LogP contribution in [0.5, 0.6) is 0 Å². The van der Waals surface area contributed by atoms with E-state index >= 15 is 0 Å². The number of aliphatic imine (C=N–C) groups is 1. The van der Waals surface area contributed by atoms with Crippen LogP contribution in [0.3, 0.4) is 0 Å². The van der Waals surface area contributed by atoms with Gasteiger partial charge in [0.15, 0.2) is 5.96 Å². The van der Waals surface area contributed by atoms with Gasteiger partial charge in [0, 0.05) is 50.6 Å². The number of hydrogen-bond donors (Lipinski definition) is 1. The van der Waals surface area contributed by atoms with E-state index in [0.29, 0.717) is 0 Å². The number of piperazine rings is 1. The number of guanidine groups is 1. The first kappa shape index (κ1) is 22.6. The van der Waals surface area contributed by atoms with Crippen LogP contribution in [0.2, 0.25) is 0 Å². The van der Waals surface area contributed by atoms with Gasteiger partial charge in [-0.2, -0.15) is 0 Å². The Labute approximate surface area is 174 Å². The van der Waals surface area contributed by atoms with E-state index in [1.807, 2.05) is 7.05 Å². The van der Waals surface area contributed by atoms with Crippen molar-refractivity contribution in [1.82, 2.24) is 20.1 Å². The minimum absolute atomic E-state index is 0. The molecule has 5 nitrogen and oxygen atoms in total. The van der Waals surface area contributed by atoms with Crippen molar-refractivity contribution in [2.75, 3.05) is 39.8 Å². The minimum atomic E-state index is 0. The van der Waals surface area contributed by atoms with E-state index in [1.165, 1.54) is 12.2 Å². The van der Waals surface area contributed by atoms with Crippen LogP contribution >= 0.6 is 35.3 Å². The predicted octanol–water partition coefficient (Wildman–Crippen LogP) is 3.41. The summed E-state index contributed by atoms with van der Waals surface area (Å²) in [7, 11) is 1.87. The highest BCUT2D eigenvalue weighted by Gasteiger charge is 2.21. The third-order valence-corrected chi connectivity index (χ3v) is 5.07. The Morgan fingerprint density at radius 1 is 1.28 bits per heavy atom. The van der Waals surface area contributed by atoms with Crippen LogP contribution in [-0.2, 0) is 12.0 Å². The molecule has 1 aromatic rings. The van der Waals surface area contributed by atoms with Crippen LogP contribution in [0.25, 0.3) is 0 Å². The molecule has 0 unspecified atom stereocenters. The molecule has 1 saturated heterocycles. The number of aromatic nitrogens is 1. The van der Waals surface area contributed by atoms with E-state index in [4.69, 9.17) is 4.98 Å². The Morgan fingerprint density at radius 3 is 2.40 bits per heavy atom. The van der Waals surface area contributed by atoms with Crippen LogP contribution in [-0.4, -0.2) is 60.5 Å². The highest BCUT2D eigenvalue weighted by molar-refractivity contribution is 14.0. The van der Waals surface area contributed by atoms with Gasteiger partial charge in [0.25, 0.3) is 0 Å². The topological polar surface area (TPSA) is 43.8 Å². The molecule has 2 heterocycles. The van der Waals surface area contributed by atoms with Crippen molar-refractivity contribution in [3.8, 4) is 0 Å². The fourth-order valence-electron chi connectivity index (χ4n) is 2.88. The summed E-state index contributed by atoms with van der Waals surface area (Å²) in [5, 5.41) is 6.78. The summed E-state index contributed by atoms with van der Waals surface area (Å²) in [5.41, 5.74) is 1.28. The highest BCUT2D eigenvalue weighted by Crippen LogP contribution is 2.23. The van der Waals surface area contributed by atoms with Crippen molar-refractivity contribution >= 4 is 41.3 Å². The summed E-state index contributed by atoms with van der Waals surface area (Å²) in [4.78, 5) is 14.1. The second-order valence-electron chi connectivity index (χ2n) is 7.96. The molecule has 0 amide bonds. The Morgan fingerprint density at radius 2 is 1.92 bits per heavy atom. The highest BCUT2D eigenvalue weighted by atomic mass is 127. The van der Waals surface area contributed by atoms with Crippen molar-refractivity contribution in [3.63, 3.8) is 0 Å². The number of halogens is 1. The Bertz CT molecular complexity index is 542. The molecule has 0 saturated carbocycles. The molecule has 0 atom stereocenters. The van der Waals surface area contributed by atoms with Gasteiger partial charge in [-0.3, -0.25) is 9.89 Å². The normalized spacial score (nSPS) is 16.9. The Balaban J connectivity index is 0.00000312. The molecule has 144 valence electrons. The van der Waals surface area contributed by atoms with Crippen molar-refractivity contribution < 1.29 is 0 Å². The average molecular weight is 479 g/mol. The molecule has 1 aromatic heterocycles. The third-order valence-electron chi connectivity index (χ3n) is 4.22. The van der Waals surface area contributed by atoms with Gasteiger partial charge in [-0.05, 0) is 5.92 Å². The zero-order chi connectivity index (χ0) is 17.7. The molecule has 7 heteroatoms. The monoisotopic (exact) mass is 479 g/mol. The first-order valence-corrected chi connectivity index (χ1v) is 9.80. The SMILES string of the molecule is CN=C(NCc1nc(C(C)(C)C)cs1)N1CCN(CC(C)C)CC1.I. The quantitative estimate of drug-likeness (QED) is 0.409. The van der Waals surface area contributed by atoms with E-state index in [2.05, 4.69) is 60.1 Å². The van der Waals surface area contributed by atoms with Gasteiger partial charge in [0.2, 0.25) is 0 Å². The maximum Gasteiger partial charge on any atom is 0.194 e. The number of rotatable bonds is 4. The number of nitrogens with zero attached hydrogens (tertiary/aromatic N) is 4. The lowest BCUT2D eigenvalue weighted by atomic mass is 9.93. The molecule has 0 spiro atoms. The van der Waals surface area contributed by atoms with Crippen LogP contribution in [0.15, 0.2) is 10.4 Å². The van der Waals surface area contributed by atoms with Gasteiger partial charge in [0.1, 0.15) is 5.01 Å². The number of hydrogen-bond acceptors (Lipinski definition) is 4. The maximum absolute atomic E-state index is 4.75. The summed E-state index contributed by atoms with van der Waals surface area (Å²) in [5.74, 6) is 1.72. The summed E-state index contributed by atoms with van der Waals surface area (Å²) in [6.07, 6.45) is 0. The Hall–Kier alpha value is -0.410.